The predicted molar refractivity (Wildman–Crippen MR) is 98.4 cm³/mol. The van der Waals surface area contributed by atoms with E-state index in [4.69, 9.17) is 21.2 Å². The van der Waals surface area contributed by atoms with E-state index in [0.717, 1.165) is 63.5 Å². The lowest BCUT2D eigenvalue weighted by molar-refractivity contribution is -0.0594. The maximum Gasteiger partial charge on any atom is 0.128 e. The van der Waals surface area contributed by atoms with Crippen LogP contribution in [0.25, 0.3) is 0 Å². The SMILES string of the molecule is Cc1nc(N2CC3(CCOCC3)C2)ccc1C1(N)CC2(CC(N)C2)C1. The molecule has 4 fully saturated rings. The van der Waals surface area contributed by atoms with Gasteiger partial charge in [0.15, 0.2) is 0 Å². The first kappa shape index (κ1) is 16.0. The summed E-state index contributed by atoms with van der Waals surface area (Å²) in [6, 6.07) is 4.81. The Balaban J connectivity index is 1.28. The maximum absolute atomic E-state index is 6.73. The van der Waals surface area contributed by atoms with Gasteiger partial charge >= 0.3 is 0 Å². The number of nitrogens with two attached hydrogens (primary N) is 2. The summed E-state index contributed by atoms with van der Waals surface area (Å²) in [5, 5.41) is 0. The van der Waals surface area contributed by atoms with Crippen molar-refractivity contribution in [3.8, 4) is 0 Å². The van der Waals surface area contributed by atoms with Crippen molar-refractivity contribution < 1.29 is 4.74 Å². The van der Waals surface area contributed by atoms with Crippen LogP contribution in [0, 0.1) is 17.8 Å². The largest absolute Gasteiger partial charge is 0.381 e. The van der Waals surface area contributed by atoms with Crippen LogP contribution >= 0.6 is 0 Å². The normalized spacial score (nSPS) is 39.0. The number of rotatable bonds is 2. The Morgan fingerprint density at radius 1 is 1.12 bits per heavy atom. The summed E-state index contributed by atoms with van der Waals surface area (Å²) < 4.78 is 5.51. The van der Waals surface area contributed by atoms with Gasteiger partial charge in [0.1, 0.15) is 5.82 Å². The lowest BCUT2D eigenvalue weighted by Gasteiger charge is -2.62. The molecule has 1 aromatic rings. The Morgan fingerprint density at radius 3 is 2.40 bits per heavy atom. The number of nitrogens with zero attached hydrogens (tertiary/aromatic N) is 2. The highest BCUT2D eigenvalue weighted by atomic mass is 16.5. The Hall–Kier alpha value is -1.17. The Kier molecular flexibility index (Phi) is 3.32. The molecule has 0 amide bonds. The summed E-state index contributed by atoms with van der Waals surface area (Å²) in [6.45, 7) is 6.20. The molecule has 2 aliphatic heterocycles. The molecule has 2 saturated carbocycles. The van der Waals surface area contributed by atoms with E-state index in [-0.39, 0.29) is 5.54 Å². The van der Waals surface area contributed by atoms with Crippen LogP contribution in [0.15, 0.2) is 12.1 Å². The fourth-order valence-electron chi connectivity index (χ4n) is 6.11. The van der Waals surface area contributed by atoms with E-state index in [1.165, 1.54) is 18.4 Å². The molecule has 5 nitrogen and oxygen atoms in total. The van der Waals surface area contributed by atoms with Gasteiger partial charge in [-0.25, -0.2) is 4.98 Å². The summed E-state index contributed by atoms with van der Waals surface area (Å²) in [5.41, 5.74) is 15.8. The maximum atomic E-state index is 6.73. The van der Waals surface area contributed by atoms with E-state index < -0.39 is 0 Å². The molecule has 4 aliphatic rings. The number of hydrogen-bond donors (Lipinski definition) is 2. The van der Waals surface area contributed by atoms with Gasteiger partial charge in [-0.3, -0.25) is 0 Å². The monoisotopic (exact) mass is 342 g/mol. The molecule has 1 aromatic heterocycles. The lowest BCUT2D eigenvalue weighted by Crippen LogP contribution is -2.63. The van der Waals surface area contributed by atoms with Gasteiger partial charge in [0, 0.05) is 49.0 Å². The molecule has 2 saturated heterocycles. The standard InChI is InChI=1S/C20H30N4O/c1-14-16(20(22)10-19(11-20)8-15(21)9-19)2-3-17(23-14)24-12-18(13-24)4-6-25-7-5-18/h2-3,15H,4-13,21-22H2,1H3. The Labute approximate surface area is 150 Å². The number of ether oxygens (including phenoxy) is 1. The van der Waals surface area contributed by atoms with Gasteiger partial charge in [0.25, 0.3) is 0 Å². The van der Waals surface area contributed by atoms with E-state index in [0.29, 0.717) is 16.9 Å². The first-order valence-electron chi connectivity index (χ1n) is 9.77. The number of anilines is 1. The molecule has 0 atom stereocenters. The van der Waals surface area contributed by atoms with Crippen LogP contribution in [0.4, 0.5) is 5.82 Å². The second-order valence-electron chi connectivity index (χ2n) is 9.45. The van der Waals surface area contributed by atoms with Crippen LogP contribution in [0.5, 0.6) is 0 Å². The van der Waals surface area contributed by atoms with Crippen LogP contribution in [0.1, 0.15) is 49.8 Å². The van der Waals surface area contributed by atoms with Gasteiger partial charge in [-0.15, -0.1) is 0 Å². The van der Waals surface area contributed by atoms with Crippen molar-refractivity contribution in [3.63, 3.8) is 0 Å². The minimum Gasteiger partial charge on any atom is -0.381 e. The van der Waals surface area contributed by atoms with Gasteiger partial charge in [-0.2, -0.15) is 0 Å². The molecule has 0 unspecified atom stereocenters. The minimum atomic E-state index is -0.188. The van der Waals surface area contributed by atoms with Crippen LogP contribution < -0.4 is 16.4 Å². The Morgan fingerprint density at radius 2 is 1.80 bits per heavy atom. The zero-order valence-corrected chi connectivity index (χ0v) is 15.3. The van der Waals surface area contributed by atoms with Gasteiger partial charge in [0.05, 0.1) is 0 Å². The summed E-state index contributed by atoms with van der Waals surface area (Å²) >= 11 is 0. The van der Waals surface area contributed by atoms with Crippen molar-refractivity contribution in [3.05, 3.63) is 23.4 Å². The first-order chi connectivity index (χ1) is 11.9. The zero-order valence-electron chi connectivity index (χ0n) is 15.3. The van der Waals surface area contributed by atoms with E-state index in [9.17, 15) is 0 Å². The third-order valence-electron chi connectivity index (χ3n) is 7.31. The molecule has 4 N–H and O–H groups in total. The second-order valence-corrected chi connectivity index (χ2v) is 9.45. The van der Waals surface area contributed by atoms with Crippen molar-refractivity contribution in [1.82, 2.24) is 4.98 Å². The third kappa shape index (κ3) is 2.43. The van der Waals surface area contributed by atoms with Crippen molar-refractivity contribution in [1.29, 1.82) is 0 Å². The summed E-state index contributed by atoms with van der Waals surface area (Å²) in [7, 11) is 0. The highest BCUT2D eigenvalue weighted by molar-refractivity contribution is 5.47. The summed E-state index contributed by atoms with van der Waals surface area (Å²) in [4.78, 5) is 7.33. The Bertz CT molecular complexity index is 675. The highest BCUT2D eigenvalue weighted by Crippen LogP contribution is 2.62. The zero-order chi connectivity index (χ0) is 17.3. The molecule has 3 heterocycles. The lowest BCUT2D eigenvalue weighted by atomic mass is 9.46. The van der Waals surface area contributed by atoms with Crippen molar-refractivity contribution >= 4 is 5.82 Å². The highest BCUT2D eigenvalue weighted by Gasteiger charge is 2.58. The molecule has 2 aliphatic carbocycles. The van der Waals surface area contributed by atoms with Crippen molar-refractivity contribution in [2.45, 2.75) is 57.0 Å². The number of hydrogen-bond acceptors (Lipinski definition) is 5. The van der Waals surface area contributed by atoms with Crippen molar-refractivity contribution in [2.24, 2.45) is 22.3 Å². The second kappa shape index (κ2) is 5.18. The molecule has 0 radical (unpaired) electrons. The summed E-state index contributed by atoms with van der Waals surface area (Å²) in [5.74, 6) is 1.11. The molecule has 5 heteroatoms. The van der Waals surface area contributed by atoms with Crippen molar-refractivity contribution in [2.75, 3.05) is 31.2 Å². The quantitative estimate of drug-likeness (QED) is 0.860. The molecule has 0 aromatic carbocycles. The minimum absolute atomic E-state index is 0.188. The third-order valence-corrected chi connectivity index (χ3v) is 7.31. The van der Waals surface area contributed by atoms with Gasteiger partial charge in [0.2, 0.25) is 0 Å². The smallest absolute Gasteiger partial charge is 0.128 e. The van der Waals surface area contributed by atoms with E-state index in [1.54, 1.807) is 0 Å². The molecular formula is C20H30N4O. The average Bonchev–Trinajstić information content (AvgIpc) is 2.50. The van der Waals surface area contributed by atoms with E-state index in [1.807, 2.05) is 0 Å². The van der Waals surface area contributed by atoms with Crippen LogP contribution in [0.2, 0.25) is 0 Å². The number of aromatic nitrogens is 1. The van der Waals surface area contributed by atoms with Crippen LogP contribution in [-0.2, 0) is 10.3 Å². The average molecular weight is 342 g/mol. The molecular weight excluding hydrogens is 312 g/mol. The molecule has 5 rings (SSSR count). The molecule has 0 bridgehead atoms. The van der Waals surface area contributed by atoms with Crippen LogP contribution in [0.3, 0.4) is 0 Å². The van der Waals surface area contributed by atoms with E-state index >= 15 is 0 Å². The first-order valence-corrected chi connectivity index (χ1v) is 9.77. The summed E-state index contributed by atoms with van der Waals surface area (Å²) in [6.07, 6.45) is 6.82. The van der Waals surface area contributed by atoms with Gasteiger partial charge in [-0.05, 0) is 62.5 Å². The topological polar surface area (TPSA) is 77.4 Å². The van der Waals surface area contributed by atoms with Gasteiger partial charge in [-0.1, -0.05) is 6.07 Å². The fourth-order valence-corrected chi connectivity index (χ4v) is 6.11. The van der Waals surface area contributed by atoms with E-state index in [2.05, 4.69) is 24.0 Å². The van der Waals surface area contributed by atoms with Crippen LogP contribution in [-0.4, -0.2) is 37.3 Å². The number of pyridine rings is 1. The van der Waals surface area contributed by atoms with Gasteiger partial charge < -0.3 is 21.1 Å². The predicted octanol–water partition coefficient (Wildman–Crippen LogP) is 2.06. The fraction of sp³-hybridized carbons (Fsp3) is 0.750. The molecule has 25 heavy (non-hydrogen) atoms. The number of aryl methyl sites for hydroxylation is 1. The molecule has 136 valence electrons. The molecule has 2 spiro atoms.